The van der Waals surface area contributed by atoms with Crippen molar-refractivity contribution >= 4 is 32.7 Å². The SMILES string of the molecule is C=CC(=C)c1c2ccccc2c(C2=CCCC=C2)c2ccccc12. The summed E-state index contributed by atoms with van der Waals surface area (Å²) in [6, 6.07) is 17.3. The van der Waals surface area contributed by atoms with Crippen LogP contribution in [0.5, 0.6) is 0 Å². The molecule has 0 bridgehead atoms. The van der Waals surface area contributed by atoms with E-state index in [1.807, 2.05) is 6.08 Å². The number of fused-ring (bicyclic) bond motifs is 2. The first-order valence-corrected chi connectivity index (χ1v) is 8.43. The molecular weight excluding hydrogens is 288 g/mol. The van der Waals surface area contributed by atoms with Crippen molar-refractivity contribution in [2.45, 2.75) is 12.8 Å². The minimum absolute atomic E-state index is 0.974. The standard InChI is InChI=1S/C24H20/c1-3-17(2)23-19-13-7-9-15-21(19)24(18-11-5-4-6-12-18)22-16-10-8-14-20(22)23/h3,5,7-16H,1-2,4,6H2. The van der Waals surface area contributed by atoms with Crippen LogP contribution < -0.4 is 0 Å². The van der Waals surface area contributed by atoms with Crippen molar-refractivity contribution in [3.8, 4) is 0 Å². The molecule has 0 nitrogen and oxygen atoms in total. The fraction of sp³-hybridized carbons (Fsp3) is 0.0833. The molecule has 0 N–H and O–H groups in total. The van der Waals surface area contributed by atoms with E-state index in [2.05, 4.69) is 79.9 Å². The van der Waals surface area contributed by atoms with Gasteiger partial charge < -0.3 is 0 Å². The van der Waals surface area contributed by atoms with E-state index >= 15 is 0 Å². The molecular formula is C24H20. The van der Waals surface area contributed by atoms with Gasteiger partial charge >= 0.3 is 0 Å². The molecule has 1 aliphatic rings. The van der Waals surface area contributed by atoms with Gasteiger partial charge in [0.25, 0.3) is 0 Å². The van der Waals surface area contributed by atoms with Gasteiger partial charge in [-0.2, -0.15) is 0 Å². The van der Waals surface area contributed by atoms with Crippen LogP contribution in [0.2, 0.25) is 0 Å². The molecule has 4 rings (SSSR count). The maximum Gasteiger partial charge on any atom is -0.00297 e. The number of hydrogen-bond acceptors (Lipinski definition) is 0. The van der Waals surface area contributed by atoms with Crippen molar-refractivity contribution in [2.75, 3.05) is 0 Å². The summed E-state index contributed by atoms with van der Waals surface area (Å²) in [6.07, 6.45) is 11.0. The molecule has 0 unspecified atom stereocenters. The normalized spacial score (nSPS) is 13.9. The molecule has 0 saturated carbocycles. The maximum absolute atomic E-state index is 4.24. The molecule has 0 saturated heterocycles. The van der Waals surface area contributed by atoms with Gasteiger partial charge in [-0.15, -0.1) is 0 Å². The second-order valence-electron chi connectivity index (χ2n) is 6.21. The summed E-state index contributed by atoms with van der Waals surface area (Å²) in [5.74, 6) is 0. The Labute approximate surface area is 143 Å². The molecule has 0 aromatic heterocycles. The third kappa shape index (κ3) is 2.23. The number of benzene rings is 3. The first-order chi connectivity index (χ1) is 11.8. The zero-order valence-corrected chi connectivity index (χ0v) is 13.8. The van der Waals surface area contributed by atoms with E-state index in [-0.39, 0.29) is 0 Å². The van der Waals surface area contributed by atoms with Crippen molar-refractivity contribution in [1.82, 2.24) is 0 Å². The third-order valence-electron chi connectivity index (χ3n) is 4.78. The quantitative estimate of drug-likeness (QED) is 0.363. The lowest BCUT2D eigenvalue weighted by atomic mass is 9.85. The Kier molecular flexibility index (Phi) is 3.66. The molecule has 0 heteroatoms. The zero-order valence-electron chi connectivity index (χ0n) is 13.8. The van der Waals surface area contributed by atoms with Gasteiger partial charge in [0.05, 0.1) is 0 Å². The highest BCUT2D eigenvalue weighted by Gasteiger charge is 2.16. The van der Waals surface area contributed by atoms with Crippen LogP contribution in [-0.4, -0.2) is 0 Å². The highest BCUT2D eigenvalue weighted by molar-refractivity contribution is 6.17. The Bertz CT molecular complexity index is 972. The molecule has 3 aromatic carbocycles. The van der Waals surface area contributed by atoms with Gasteiger partial charge in [-0.3, -0.25) is 0 Å². The zero-order chi connectivity index (χ0) is 16.5. The molecule has 0 aliphatic heterocycles. The lowest BCUT2D eigenvalue weighted by Gasteiger charge is -2.19. The van der Waals surface area contributed by atoms with Crippen molar-refractivity contribution in [1.29, 1.82) is 0 Å². The Hall–Kier alpha value is -2.86. The van der Waals surface area contributed by atoms with Gasteiger partial charge in [0.15, 0.2) is 0 Å². The fourth-order valence-electron chi connectivity index (χ4n) is 3.69. The third-order valence-corrected chi connectivity index (χ3v) is 4.78. The molecule has 0 atom stereocenters. The largest absolute Gasteiger partial charge is 0.0985 e. The predicted octanol–water partition coefficient (Wildman–Crippen LogP) is 6.93. The molecule has 0 heterocycles. The van der Waals surface area contributed by atoms with Gasteiger partial charge in [-0.25, -0.2) is 0 Å². The van der Waals surface area contributed by atoms with Crippen LogP contribution in [-0.2, 0) is 0 Å². The minimum Gasteiger partial charge on any atom is -0.0985 e. The van der Waals surface area contributed by atoms with Gasteiger partial charge in [-0.1, -0.05) is 86.0 Å². The number of allylic oxidation sites excluding steroid dienone is 6. The highest BCUT2D eigenvalue weighted by atomic mass is 14.2. The Morgan fingerprint density at radius 1 is 0.833 bits per heavy atom. The topological polar surface area (TPSA) is 0 Å². The Morgan fingerprint density at radius 3 is 1.92 bits per heavy atom. The van der Waals surface area contributed by atoms with Crippen molar-refractivity contribution in [3.63, 3.8) is 0 Å². The molecule has 116 valence electrons. The minimum atomic E-state index is 0.974. The summed E-state index contributed by atoms with van der Waals surface area (Å²) in [5, 5.41) is 5.06. The van der Waals surface area contributed by atoms with Crippen LogP contribution in [0.15, 0.2) is 86.0 Å². The van der Waals surface area contributed by atoms with E-state index in [1.54, 1.807) is 0 Å². The smallest absolute Gasteiger partial charge is 0.00297 e. The van der Waals surface area contributed by atoms with Crippen molar-refractivity contribution in [2.24, 2.45) is 0 Å². The van der Waals surface area contributed by atoms with E-state index in [0.717, 1.165) is 18.4 Å². The first kappa shape index (κ1) is 14.7. The molecule has 3 aromatic rings. The van der Waals surface area contributed by atoms with E-state index in [0.29, 0.717) is 0 Å². The van der Waals surface area contributed by atoms with Crippen molar-refractivity contribution < 1.29 is 0 Å². The van der Waals surface area contributed by atoms with E-state index in [1.165, 1.54) is 38.2 Å². The molecule has 24 heavy (non-hydrogen) atoms. The molecule has 0 spiro atoms. The second-order valence-corrected chi connectivity index (χ2v) is 6.21. The van der Waals surface area contributed by atoms with Crippen LogP contribution >= 0.6 is 0 Å². The van der Waals surface area contributed by atoms with Crippen molar-refractivity contribution in [3.05, 3.63) is 97.1 Å². The van der Waals surface area contributed by atoms with Gasteiger partial charge in [0, 0.05) is 0 Å². The Balaban J connectivity index is 2.23. The van der Waals surface area contributed by atoms with Gasteiger partial charge in [0.2, 0.25) is 0 Å². The first-order valence-electron chi connectivity index (χ1n) is 8.43. The summed E-state index contributed by atoms with van der Waals surface area (Å²) in [7, 11) is 0. The van der Waals surface area contributed by atoms with Crippen LogP contribution in [0.25, 0.3) is 32.7 Å². The van der Waals surface area contributed by atoms with Crippen LogP contribution in [0.1, 0.15) is 24.0 Å². The van der Waals surface area contributed by atoms with Crippen LogP contribution in [0, 0.1) is 0 Å². The fourth-order valence-corrected chi connectivity index (χ4v) is 3.69. The van der Waals surface area contributed by atoms with E-state index in [4.69, 9.17) is 0 Å². The number of rotatable bonds is 3. The molecule has 0 amide bonds. The Morgan fingerprint density at radius 2 is 1.42 bits per heavy atom. The summed E-state index contributed by atoms with van der Waals surface area (Å²) in [6.45, 7) is 8.18. The van der Waals surface area contributed by atoms with E-state index < -0.39 is 0 Å². The lowest BCUT2D eigenvalue weighted by molar-refractivity contribution is 1.04. The average Bonchev–Trinajstić information content (AvgIpc) is 2.66. The summed E-state index contributed by atoms with van der Waals surface area (Å²) in [4.78, 5) is 0. The van der Waals surface area contributed by atoms with E-state index in [9.17, 15) is 0 Å². The van der Waals surface area contributed by atoms with Crippen LogP contribution in [0.3, 0.4) is 0 Å². The van der Waals surface area contributed by atoms with Gasteiger partial charge in [-0.05, 0) is 56.7 Å². The number of hydrogen-bond donors (Lipinski definition) is 0. The summed E-state index contributed by atoms with van der Waals surface area (Å²) in [5.41, 5.74) is 4.82. The molecule has 1 aliphatic carbocycles. The predicted molar refractivity (Wildman–Crippen MR) is 107 cm³/mol. The van der Waals surface area contributed by atoms with Crippen LogP contribution in [0.4, 0.5) is 0 Å². The van der Waals surface area contributed by atoms with Gasteiger partial charge in [0.1, 0.15) is 0 Å². The lowest BCUT2D eigenvalue weighted by Crippen LogP contribution is -1.95. The average molecular weight is 308 g/mol. The summed E-state index contributed by atoms with van der Waals surface area (Å²) >= 11 is 0. The maximum atomic E-state index is 4.24. The molecule has 0 fully saturated rings. The second kappa shape index (κ2) is 5.98. The molecule has 0 radical (unpaired) electrons. The highest BCUT2D eigenvalue weighted by Crippen LogP contribution is 2.40. The summed E-state index contributed by atoms with van der Waals surface area (Å²) < 4.78 is 0. The monoisotopic (exact) mass is 308 g/mol.